The topological polar surface area (TPSA) is 12.4 Å². The molecule has 0 radical (unpaired) electrons. The van der Waals surface area contributed by atoms with Crippen LogP contribution in [0.4, 0.5) is 0 Å². The Morgan fingerprint density at radius 1 is 1.31 bits per heavy atom. The maximum atomic E-state index is 6.08. The highest BCUT2D eigenvalue weighted by Crippen LogP contribution is 2.28. The minimum Gasteiger partial charge on any atom is -0.289 e. The molecule has 1 nitrogen and oxygen atoms in total. The van der Waals surface area contributed by atoms with Crippen LogP contribution in [0.2, 0.25) is 10.0 Å². The third-order valence-electron chi connectivity index (χ3n) is 2.23. The molecule has 1 aromatic rings. The Hall–Kier alpha value is -0.530. The van der Waals surface area contributed by atoms with E-state index < -0.39 is 0 Å². The molecule has 13 heavy (non-hydrogen) atoms. The van der Waals surface area contributed by atoms with E-state index in [1.165, 1.54) is 5.56 Å². The number of rotatable bonds is 0. The quantitative estimate of drug-likeness (QED) is 0.627. The summed E-state index contributed by atoms with van der Waals surface area (Å²) in [6.45, 7) is 2.83. The van der Waals surface area contributed by atoms with Gasteiger partial charge in [-0.05, 0) is 31.0 Å². The molecule has 0 fully saturated rings. The van der Waals surface area contributed by atoms with E-state index in [-0.39, 0.29) is 0 Å². The summed E-state index contributed by atoms with van der Waals surface area (Å²) < 4.78 is 0. The van der Waals surface area contributed by atoms with Crippen molar-refractivity contribution in [3.63, 3.8) is 0 Å². The van der Waals surface area contributed by atoms with Crippen molar-refractivity contribution in [3.8, 4) is 0 Å². The van der Waals surface area contributed by atoms with E-state index in [4.69, 9.17) is 23.2 Å². The van der Waals surface area contributed by atoms with Crippen LogP contribution in [0.1, 0.15) is 18.1 Å². The third kappa shape index (κ3) is 1.59. The average Bonchev–Trinajstić information content (AvgIpc) is 2.02. The molecule has 0 N–H and O–H groups in total. The molecule has 0 amide bonds. The van der Waals surface area contributed by atoms with E-state index in [1.807, 2.05) is 13.0 Å². The highest BCUT2D eigenvalue weighted by Gasteiger charge is 2.14. The van der Waals surface area contributed by atoms with E-state index in [9.17, 15) is 0 Å². The van der Waals surface area contributed by atoms with Gasteiger partial charge in [0.05, 0.1) is 5.02 Å². The zero-order chi connectivity index (χ0) is 9.42. The van der Waals surface area contributed by atoms with Gasteiger partial charge in [-0.1, -0.05) is 23.2 Å². The number of hydrogen-bond donors (Lipinski definition) is 0. The number of benzene rings is 1. The van der Waals surface area contributed by atoms with Crippen molar-refractivity contribution in [2.24, 2.45) is 4.99 Å². The lowest BCUT2D eigenvalue weighted by atomic mass is 9.98. The van der Waals surface area contributed by atoms with Gasteiger partial charge in [0.1, 0.15) is 0 Å². The van der Waals surface area contributed by atoms with E-state index in [1.54, 1.807) is 6.07 Å². The van der Waals surface area contributed by atoms with Gasteiger partial charge in [-0.25, -0.2) is 0 Å². The number of halogens is 2. The molecule has 1 aromatic carbocycles. The second-order valence-electron chi connectivity index (χ2n) is 3.14. The van der Waals surface area contributed by atoms with Crippen molar-refractivity contribution in [1.82, 2.24) is 0 Å². The number of hydrogen-bond acceptors (Lipinski definition) is 1. The predicted molar refractivity (Wildman–Crippen MR) is 57.2 cm³/mol. The zero-order valence-electron chi connectivity index (χ0n) is 7.27. The monoisotopic (exact) mass is 213 g/mol. The summed E-state index contributed by atoms with van der Waals surface area (Å²) in [6, 6.07) is 3.74. The second-order valence-corrected chi connectivity index (χ2v) is 3.98. The molecule has 0 atom stereocenters. The average molecular weight is 214 g/mol. The molecule has 3 heteroatoms. The fourth-order valence-electron chi connectivity index (χ4n) is 1.65. The molecule has 0 aliphatic carbocycles. The number of nitrogens with zero attached hydrogens (tertiary/aromatic N) is 1. The standard InChI is InChI=1S/C10H9Cl2N/c1-6-10-7(2-3-13-6)4-8(11)5-9(10)12/h4-5H,2-3H2,1H3. The summed E-state index contributed by atoms with van der Waals surface area (Å²) in [5.74, 6) is 0. The summed E-state index contributed by atoms with van der Waals surface area (Å²) in [5, 5.41) is 1.42. The lowest BCUT2D eigenvalue weighted by Crippen LogP contribution is -2.10. The molecule has 1 heterocycles. The van der Waals surface area contributed by atoms with Gasteiger partial charge in [0.2, 0.25) is 0 Å². The molecular weight excluding hydrogens is 205 g/mol. The first-order valence-corrected chi connectivity index (χ1v) is 4.93. The minimum absolute atomic E-state index is 0.707. The van der Waals surface area contributed by atoms with Gasteiger partial charge in [0.25, 0.3) is 0 Å². The summed E-state index contributed by atoms with van der Waals surface area (Å²) >= 11 is 12.0. The lowest BCUT2D eigenvalue weighted by Gasteiger charge is -2.15. The van der Waals surface area contributed by atoms with Crippen molar-refractivity contribution in [2.75, 3.05) is 6.54 Å². The zero-order valence-corrected chi connectivity index (χ0v) is 8.78. The van der Waals surface area contributed by atoms with Crippen LogP contribution in [0, 0.1) is 0 Å². The van der Waals surface area contributed by atoms with E-state index in [2.05, 4.69) is 4.99 Å². The van der Waals surface area contributed by atoms with Gasteiger partial charge < -0.3 is 0 Å². The maximum Gasteiger partial charge on any atom is 0.0514 e. The van der Waals surface area contributed by atoms with Crippen molar-refractivity contribution in [1.29, 1.82) is 0 Å². The van der Waals surface area contributed by atoms with Crippen LogP contribution in [-0.4, -0.2) is 12.3 Å². The minimum atomic E-state index is 0.707. The molecule has 0 aromatic heterocycles. The van der Waals surface area contributed by atoms with E-state index >= 15 is 0 Å². The molecule has 68 valence electrons. The van der Waals surface area contributed by atoms with Gasteiger partial charge in [-0.2, -0.15) is 0 Å². The van der Waals surface area contributed by atoms with Crippen LogP contribution in [0.15, 0.2) is 17.1 Å². The molecule has 2 rings (SSSR count). The first kappa shape index (κ1) is 9.04. The Labute approximate surface area is 87.4 Å². The van der Waals surface area contributed by atoms with Gasteiger partial charge in [-0.15, -0.1) is 0 Å². The molecular formula is C10H9Cl2N. The van der Waals surface area contributed by atoms with Crippen molar-refractivity contribution in [3.05, 3.63) is 33.3 Å². The van der Waals surface area contributed by atoms with Crippen molar-refractivity contribution >= 4 is 28.9 Å². The first-order valence-electron chi connectivity index (χ1n) is 4.18. The summed E-state index contributed by atoms with van der Waals surface area (Å²) in [6.07, 6.45) is 0.937. The summed E-state index contributed by atoms with van der Waals surface area (Å²) in [7, 11) is 0. The third-order valence-corrected chi connectivity index (χ3v) is 2.74. The molecule has 1 aliphatic rings. The molecule has 0 unspecified atom stereocenters. The summed E-state index contributed by atoms with van der Waals surface area (Å²) in [4.78, 5) is 4.35. The fraction of sp³-hybridized carbons (Fsp3) is 0.300. The van der Waals surface area contributed by atoms with E-state index in [0.717, 1.165) is 24.2 Å². The predicted octanol–water partition coefficient (Wildman–Crippen LogP) is 3.36. The van der Waals surface area contributed by atoms with Crippen LogP contribution in [0.25, 0.3) is 0 Å². The highest BCUT2D eigenvalue weighted by molar-refractivity contribution is 6.37. The van der Waals surface area contributed by atoms with Crippen molar-refractivity contribution in [2.45, 2.75) is 13.3 Å². The second kappa shape index (κ2) is 3.32. The molecule has 1 aliphatic heterocycles. The Kier molecular flexibility index (Phi) is 2.31. The van der Waals surface area contributed by atoms with Crippen LogP contribution in [0.3, 0.4) is 0 Å². The number of aliphatic imine (C=N–C) groups is 1. The van der Waals surface area contributed by atoms with Crippen LogP contribution >= 0.6 is 23.2 Å². The normalized spacial score (nSPS) is 15.2. The number of fused-ring (bicyclic) bond motifs is 1. The molecule has 0 spiro atoms. The maximum absolute atomic E-state index is 6.08. The van der Waals surface area contributed by atoms with Crippen LogP contribution in [-0.2, 0) is 6.42 Å². The highest BCUT2D eigenvalue weighted by atomic mass is 35.5. The largest absolute Gasteiger partial charge is 0.289 e. The smallest absolute Gasteiger partial charge is 0.0514 e. The van der Waals surface area contributed by atoms with Crippen LogP contribution in [0.5, 0.6) is 0 Å². The van der Waals surface area contributed by atoms with Crippen LogP contribution < -0.4 is 0 Å². The van der Waals surface area contributed by atoms with Crippen molar-refractivity contribution < 1.29 is 0 Å². The molecule has 0 saturated heterocycles. The van der Waals surface area contributed by atoms with Gasteiger partial charge in [-0.3, -0.25) is 4.99 Å². The van der Waals surface area contributed by atoms with E-state index in [0.29, 0.717) is 10.0 Å². The Morgan fingerprint density at radius 3 is 2.85 bits per heavy atom. The van der Waals surface area contributed by atoms with Gasteiger partial charge in [0, 0.05) is 22.8 Å². The Bertz CT molecular complexity index is 383. The molecule has 0 bridgehead atoms. The van der Waals surface area contributed by atoms with Gasteiger partial charge in [0.15, 0.2) is 0 Å². The van der Waals surface area contributed by atoms with Gasteiger partial charge >= 0.3 is 0 Å². The first-order chi connectivity index (χ1) is 6.18. The SMILES string of the molecule is CC1=NCCc2cc(Cl)cc(Cl)c21. The Balaban J connectivity index is 2.66. The Morgan fingerprint density at radius 2 is 2.08 bits per heavy atom. The molecule has 0 saturated carbocycles. The lowest BCUT2D eigenvalue weighted by molar-refractivity contribution is 0.942. The fourth-order valence-corrected chi connectivity index (χ4v) is 2.32. The summed E-state index contributed by atoms with van der Waals surface area (Å²) in [5.41, 5.74) is 3.30.